The number of aromatic nitrogens is 4. The molecule has 0 radical (unpaired) electrons. The van der Waals surface area contributed by atoms with Crippen LogP contribution < -0.4 is 10.2 Å². The molecular formula is C24H33ClN8O. The number of hydrogen-bond donors (Lipinski definition) is 1. The van der Waals surface area contributed by atoms with Gasteiger partial charge in [-0.2, -0.15) is 5.10 Å². The zero-order valence-electron chi connectivity index (χ0n) is 20.2. The minimum absolute atomic E-state index is 0. The lowest BCUT2D eigenvalue weighted by Crippen LogP contribution is -2.48. The van der Waals surface area contributed by atoms with Gasteiger partial charge in [0.15, 0.2) is 0 Å². The number of anilines is 1. The highest BCUT2D eigenvalue weighted by Gasteiger charge is 2.29. The average molecular weight is 485 g/mol. The van der Waals surface area contributed by atoms with E-state index < -0.39 is 0 Å². The van der Waals surface area contributed by atoms with Crippen LogP contribution in [-0.2, 0) is 20.1 Å². The maximum atomic E-state index is 11.8. The first-order valence-corrected chi connectivity index (χ1v) is 11.2. The lowest BCUT2D eigenvalue weighted by molar-refractivity contribution is 0.168. The van der Waals surface area contributed by atoms with Gasteiger partial charge in [-0.25, -0.2) is 9.78 Å². The second-order valence-corrected chi connectivity index (χ2v) is 8.67. The van der Waals surface area contributed by atoms with Gasteiger partial charge in [0, 0.05) is 77.5 Å². The van der Waals surface area contributed by atoms with E-state index in [0.29, 0.717) is 6.54 Å². The molecular weight excluding hydrogens is 452 g/mol. The summed E-state index contributed by atoms with van der Waals surface area (Å²) in [5, 5.41) is 7.34. The highest BCUT2D eigenvalue weighted by molar-refractivity contribution is 5.85. The van der Waals surface area contributed by atoms with Crippen LogP contribution in [0.25, 0.3) is 0 Å². The van der Waals surface area contributed by atoms with Crippen molar-refractivity contribution >= 4 is 24.3 Å². The van der Waals surface area contributed by atoms with E-state index in [1.807, 2.05) is 24.1 Å². The molecule has 1 atom stereocenters. The number of nitrogens with one attached hydrogen (secondary N) is 1. The van der Waals surface area contributed by atoms with Gasteiger partial charge in [-0.3, -0.25) is 14.6 Å². The van der Waals surface area contributed by atoms with E-state index in [0.717, 1.165) is 37.6 Å². The van der Waals surface area contributed by atoms with Crippen molar-refractivity contribution in [3.05, 3.63) is 71.4 Å². The molecule has 1 aliphatic heterocycles. The molecule has 1 fully saturated rings. The summed E-state index contributed by atoms with van der Waals surface area (Å²) in [6, 6.07) is 8.64. The van der Waals surface area contributed by atoms with Crippen LogP contribution in [0.4, 0.5) is 10.6 Å². The summed E-state index contributed by atoms with van der Waals surface area (Å²) in [6.45, 7) is 6.10. The second-order valence-electron chi connectivity index (χ2n) is 8.67. The summed E-state index contributed by atoms with van der Waals surface area (Å²) in [7, 11) is 5.46. The predicted molar refractivity (Wildman–Crippen MR) is 135 cm³/mol. The summed E-state index contributed by atoms with van der Waals surface area (Å²) in [5.41, 5.74) is 4.76. The van der Waals surface area contributed by atoms with Crippen molar-refractivity contribution in [1.82, 2.24) is 34.9 Å². The van der Waals surface area contributed by atoms with E-state index in [-0.39, 0.29) is 24.5 Å². The maximum absolute atomic E-state index is 11.8. The smallest absolute Gasteiger partial charge is 0.317 e. The topological polar surface area (TPSA) is 82.4 Å². The molecule has 1 N–H and O–H groups in total. The van der Waals surface area contributed by atoms with Gasteiger partial charge in [0.2, 0.25) is 0 Å². The van der Waals surface area contributed by atoms with Gasteiger partial charge < -0.3 is 15.1 Å². The molecule has 34 heavy (non-hydrogen) atoms. The number of hydrogen-bond acceptors (Lipinski definition) is 6. The average Bonchev–Trinajstić information content (AvgIpc) is 3.15. The molecule has 1 unspecified atom stereocenters. The quantitative estimate of drug-likeness (QED) is 0.579. The van der Waals surface area contributed by atoms with Gasteiger partial charge in [-0.15, -0.1) is 12.4 Å². The number of amides is 2. The fourth-order valence-electron chi connectivity index (χ4n) is 4.10. The maximum Gasteiger partial charge on any atom is 0.317 e. The minimum atomic E-state index is -0.0935. The van der Waals surface area contributed by atoms with Crippen molar-refractivity contribution < 1.29 is 4.79 Å². The predicted octanol–water partition coefficient (Wildman–Crippen LogP) is 2.78. The van der Waals surface area contributed by atoms with Gasteiger partial charge in [0.1, 0.15) is 5.82 Å². The first-order valence-electron chi connectivity index (χ1n) is 11.2. The van der Waals surface area contributed by atoms with E-state index in [2.05, 4.69) is 61.4 Å². The van der Waals surface area contributed by atoms with Gasteiger partial charge >= 0.3 is 6.03 Å². The SMILES string of the molecule is Cc1c(CN2CCN(c3cnccn3)CC2c2ccc(CNC(=O)N(C)C)cc2)cnn1C.Cl. The Morgan fingerprint density at radius 2 is 1.91 bits per heavy atom. The largest absolute Gasteiger partial charge is 0.352 e. The zero-order valence-corrected chi connectivity index (χ0v) is 21.0. The minimum Gasteiger partial charge on any atom is -0.352 e. The van der Waals surface area contributed by atoms with Gasteiger partial charge in [-0.05, 0) is 18.1 Å². The van der Waals surface area contributed by atoms with Crippen LogP contribution in [0.3, 0.4) is 0 Å². The molecule has 3 heterocycles. The lowest BCUT2D eigenvalue weighted by Gasteiger charge is -2.42. The summed E-state index contributed by atoms with van der Waals surface area (Å²) in [5.74, 6) is 0.905. The van der Waals surface area contributed by atoms with Crippen molar-refractivity contribution in [1.29, 1.82) is 0 Å². The molecule has 0 aliphatic carbocycles. The van der Waals surface area contributed by atoms with Crippen molar-refractivity contribution in [2.75, 3.05) is 38.6 Å². The molecule has 1 aliphatic rings. The van der Waals surface area contributed by atoms with Crippen molar-refractivity contribution in [3.8, 4) is 0 Å². The summed E-state index contributed by atoms with van der Waals surface area (Å²) >= 11 is 0. The van der Waals surface area contributed by atoms with Crippen LogP contribution in [0.2, 0.25) is 0 Å². The Balaban J connectivity index is 0.00000324. The van der Waals surface area contributed by atoms with Crippen LogP contribution in [-0.4, -0.2) is 69.3 Å². The molecule has 4 rings (SSSR count). The number of rotatable bonds is 6. The van der Waals surface area contributed by atoms with Crippen LogP contribution >= 0.6 is 12.4 Å². The number of urea groups is 1. The fourth-order valence-corrected chi connectivity index (χ4v) is 4.10. The van der Waals surface area contributed by atoms with Crippen molar-refractivity contribution in [2.45, 2.75) is 26.1 Å². The zero-order chi connectivity index (χ0) is 23.4. The van der Waals surface area contributed by atoms with E-state index in [1.54, 1.807) is 26.5 Å². The monoisotopic (exact) mass is 484 g/mol. The Kier molecular flexibility index (Phi) is 8.46. The van der Waals surface area contributed by atoms with Crippen molar-refractivity contribution in [3.63, 3.8) is 0 Å². The number of carbonyl (C=O) groups excluding carboxylic acids is 1. The van der Waals surface area contributed by atoms with E-state index in [1.165, 1.54) is 21.7 Å². The Labute approximate surface area is 207 Å². The molecule has 1 aromatic carbocycles. The number of halogens is 1. The second kappa shape index (κ2) is 11.3. The lowest BCUT2D eigenvalue weighted by atomic mass is 10.00. The fraction of sp³-hybridized carbons (Fsp3) is 0.417. The normalized spacial score (nSPS) is 16.1. The number of piperazine rings is 1. The Hall–Kier alpha value is -3.17. The first-order chi connectivity index (χ1) is 15.9. The molecule has 2 aromatic heterocycles. The molecule has 2 amide bonds. The number of aryl methyl sites for hydroxylation is 1. The molecule has 9 nitrogen and oxygen atoms in total. The van der Waals surface area contributed by atoms with Gasteiger partial charge in [-0.1, -0.05) is 24.3 Å². The van der Waals surface area contributed by atoms with Gasteiger partial charge in [0.05, 0.1) is 18.4 Å². The highest BCUT2D eigenvalue weighted by Crippen LogP contribution is 2.29. The third-order valence-corrected chi connectivity index (χ3v) is 6.29. The third kappa shape index (κ3) is 5.84. The number of benzene rings is 1. The van der Waals surface area contributed by atoms with E-state index in [9.17, 15) is 4.79 Å². The Morgan fingerprint density at radius 1 is 1.15 bits per heavy atom. The van der Waals surface area contributed by atoms with Crippen LogP contribution in [0.15, 0.2) is 49.1 Å². The Morgan fingerprint density at radius 3 is 2.53 bits per heavy atom. The molecule has 182 valence electrons. The molecule has 1 saturated heterocycles. The van der Waals surface area contributed by atoms with Crippen LogP contribution in [0.1, 0.15) is 28.4 Å². The third-order valence-electron chi connectivity index (χ3n) is 6.29. The summed E-state index contributed by atoms with van der Waals surface area (Å²) in [4.78, 5) is 26.9. The first kappa shape index (κ1) is 25.5. The Bertz CT molecular complexity index is 1070. The molecule has 0 bridgehead atoms. The standard InChI is InChI=1S/C24H32N8O.ClH/c1-18-21(14-28-30(18)4)16-31-11-12-32(23-15-25-9-10-26-23)17-22(31)20-7-5-19(6-8-20)13-27-24(33)29(2)3;/h5-10,14-15,22H,11-13,16-17H2,1-4H3,(H,27,33);1H. The summed E-state index contributed by atoms with van der Waals surface area (Å²) < 4.78 is 1.93. The molecule has 0 saturated carbocycles. The van der Waals surface area contributed by atoms with Crippen molar-refractivity contribution in [2.24, 2.45) is 7.05 Å². The van der Waals surface area contributed by atoms with Crippen LogP contribution in [0.5, 0.6) is 0 Å². The molecule has 3 aromatic rings. The number of nitrogens with zero attached hydrogens (tertiary/aromatic N) is 7. The highest BCUT2D eigenvalue weighted by atomic mass is 35.5. The van der Waals surface area contributed by atoms with Crippen LogP contribution in [0, 0.1) is 6.92 Å². The number of carbonyl (C=O) groups is 1. The molecule has 0 spiro atoms. The van der Waals surface area contributed by atoms with E-state index in [4.69, 9.17) is 0 Å². The summed E-state index contributed by atoms with van der Waals surface area (Å²) in [6.07, 6.45) is 7.25. The molecule has 10 heteroatoms. The van der Waals surface area contributed by atoms with E-state index >= 15 is 0 Å². The van der Waals surface area contributed by atoms with Gasteiger partial charge in [0.25, 0.3) is 0 Å².